The van der Waals surface area contributed by atoms with Crippen LogP contribution < -0.4 is 4.42 Å². The normalized spacial score (nSPS) is 9.85. The number of carbonyl (C=O) groups is 1. The lowest BCUT2D eigenvalue weighted by atomic mass is 10.3. The van der Waals surface area contributed by atoms with E-state index in [1.807, 2.05) is 0 Å². The van der Waals surface area contributed by atoms with E-state index < -0.39 is 0 Å². The largest absolute Gasteiger partial charge is 0.274 e. The molecule has 13 heavy (non-hydrogen) atoms. The lowest BCUT2D eigenvalue weighted by Crippen LogP contribution is -2.16. The van der Waals surface area contributed by atoms with E-state index in [2.05, 4.69) is 0 Å². The molecule has 0 saturated heterocycles. The van der Waals surface area contributed by atoms with Gasteiger partial charge in [-0.2, -0.15) is 0 Å². The van der Waals surface area contributed by atoms with Crippen LogP contribution in [-0.2, 0) is 4.79 Å². The molecule has 0 fully saturated rings. The number of benzene rings is 1. The van der Waals surface area contributed by atoms with Crippen LogP contribution in [0.2, 0.25) is 10.0 Å². The smallest absolute Gasteiger partial charge is 0.238 e. The van der Waals surface area contributed by atoms with Gasteiger partial charge in [0.15, 0.2) is 0 Å². The molecule has 1 aromatic carbocycles. The van der Waals surface area contributed by atoms with E-state index in [4.69, 9.17) is 35.0 Å². The average molecular weight is 239 g/mol. The first-order chi connectivity index (χ1) is 6.02. The van der Waals surface area contributed by atoms with Gasteiger partial charge in [-0.1, -0.05) is 23.2 Å². The topological polar surface area (TPSA) is 20.3 Å². The molecule has 2 nitrogen and oxygen atoms in total. The molecule has 1 rings (SSSR count). The summed E-state index contributed by atoms with van der Waals surface area (Å²) in [6.07, 6.45) is 0. The molecular weight excluding hydrogens is 232 g/mol. The summed E-state index contributed by atoms with van der Waals surface area (Å²) in [6, 6.07) is 4.72. The summed E-state index contributed by atoms with van der Waals surface area (Å²) < 4.78 is 0.943. The number of halogens is 3. The van der Waals surface area contributed by atoms with Gasteiger partial charge in [-0.05, 0) is 18.2 Å². The molecule has 0 aliphatic carbocycles. The Morgan fingerprint density at radius 3 is 2.46 bits per heavy atom. The molecule has 70 valence electrons. The zero-order chi connectivity index (χ0) is 10.0. The van der Waals surface area contributed by atoms with Crippen LogP contribution in [0.3, 0.4) is 0 Å². The van der Waals surface area contributed by atoms with Gasteiger partial charge in [-0.25, -0.2) is 4.42 Å². The van der Waals surface area contributed by atoms with Gasteiger partial charge in [-0.3, -0.25) is 4.79 Å². The molecule has 0 unspecified atom stereocenters. The maximum atomic E-state index is 10.9. The summed E-state index contributed by atoms with van der Waals surface area (Å²) in [5.74, 6) is -0.300. The number of carbonyl (C=O) groups excluding carboxylic acids is 1. The molecule has 0 spiro atoms. The molecule has 1 amide bonds. The van der Waals surface area contributed by atoms with Gasteiger partial charge in [0.05, 0.1) is 10.7 Å². The van der Waals surface area contributed by atoms with E-state index in [0.717, 1.165) is 4.42 Å². The van der Waals surface area contributed by atoms with Gasteiger partial charge < -0.3 is 0 Å². The molecule has 0 saturated carbocycles. The third-order valence-corrected chi connectivity index (χ3v) is 2.36. The average Bonchev–Trinajstić information content (AvgIpc) is 2.03. The fourth-order valence-electron chi connectivity index (χ4n) is 0.810. The quantitative estimate of drug-likeness (QED) is 0.686. The first-order valence-electron chi connectivity index (χ1n) is 3.44. The van der Waals surface area contributed by atoms with E-state index in [1.54, 1.807) is 12.1 Å². The van der Waals surface area contributed by atoms with Gasteiger partial charge in [0.2, 0.25) is 5.91 Å². The van der Waals surface area contributed by atoms with Crippen molar-refractivity contribution >= 4 is 46.6 Å². The molecule has 0 aliphatic heterocycles. The van der Waals surface area contributed by atoms with Crippen molar-refractivity contribution in [1.82, 2.24) is 0 Å². The molecule has 0 N–H and O–H groups in total. The van der Waals surface area contributed by atoms with Crippen LogP contribution in [0.5, 0.6) is 0 Å². The predicted molar refractivity (Wildman–Crippen MR) is 55.5 cm³/mol. The number of anilines is 1. The second kappa shape index (κ2) is 4.18. The van der Waals surface area contributed by atoms with Crippen molar-refractivity contribution in [3.8, 4) is 0 Å². The summed E-state index contributed by atoms with van der Waals surface area (Å²) in [5, 5.41) is 0.847. The van der Waals surface area contributed by atoms with Crippen molar-refractivity contribution in [3.63, 3.8) is 0 Å². The van der Waals surface area contributed by atoms with Crippen LogP contribution in [0.1, 0.15) is 6.92 Å². The molecule has 0 aromatic heterocycles. The molecular formula is C8H6Cl3NO. The second-order valence-electron chi connectivity index (χ2n) is 2.40. The Labute approximate surface area is 91.1 Å². The monoisotopic (exact) mass is 237 g/mol. The summed E-state index contributed by atoms with van der Waals surface area (Å²) in [6.45, 7) is 1.35. The molecule has 0 bridgehead atoms. The van der Waals surface area contributed by atoms with Crippen molar-refractivity contribution in [2.45, 2.75) is 6.92 Å². The summed E-state index contributed by atoms with van der Waals surface area (Å²) in [7, 11) is 0. The standard InChI is InChI=1S/C8H6Cl3NO/c1-5(13)12(11)8-3-2-6(9)4-7(8)10/h2-4H,1H3. The highest BCUT2D eigenvalue weighted by molar-refractivity contribution is 6.42. The fraction of sp³-hybridized carbons (Fsp3) is 0.125. The van der Waals surface area contributed by atoms with Crippen LogP contribution >= 0.6 is 35.0 Å². The highest BCUT2D eigenvalue weighted by Gasteiger charge is 2.11. The van der Waals surface area contributed by atoms with Crippen LogP contribution in [0, 0.1) is 0 Å². The Morgan fingerprint density at radius 2 is 2.00 bits per heavy atom. The third kappa shape index (κ3) is 2.50. The second-order valence-corrected chi connectivity index (χ2v) is 3.58. The van der Waals surface area contributed by atoms with Crippen LogP contribution in [0.4, 0.5) is 5.69 Å². The zero-order valence-corrected chi connectivity index (χ0v) is 8.99. The first kappa shape index (κ1) is 10.6. The fourth-order valence-corrected chi connectivity index (χ4v) is 1.49. The van der Waals surface area contributed by atoms with Crippen LogP contribution in [0.25, 0.3) is 0 Å². The van der Waals surface area contributed by atoms with Crippen LogP contribution in [-0.4, -0.2) is 5.91 Å². The number of amides is 1. The highest BCUT2D eigenvalue weighted by atomic mass is 35.5. The van der Waals surface area contributed by atoms with Gasteiger partial charge in [-0.15, -0.1) is 0 Å². The minimum atomic E-state index is -0.300. The Balaban J connectivity index is 3.08. The number of nitrogens with zero attached hydrogens (tertiary/aromatic N) is 1. The molecule has 0 atom stereocenters. The Hall–Kier alpha value is -0.440. The maximum absolute atomic E-state index is 10.9. The molecule has 0 radical (unpaired) electrons. The lowest BCUT2D eigenvalue weighted by Gasteiger charge is -2.12. The van der Waals surface area contributed by atoms with Crippen LogP contribution in [0.15, 0.2) is 18.2 Å². The maximum Gasteiger partial charge on any atom is 0.238 e. The van der Waals surface area contributed by atoms with E-state index in [1.165, 1.54) is 13.0 Å². The lowest BCUT2D eigenvalue weighted by molar-refractivity contribution is -0.115. The summed E-state index contributed by atoms with van der Waals surface area (Å²) >= 11 is 17.1. The summed E-state index contributed by atoms with van der Waals surface area (Å²) in [4.78, 5) is 10.9. The first-order valence-corrected chi connectivity index (χ1v) is 4.53. The van der Waals surface area contributed by atoms with E-state index in [-0.39, 0.29) is 5.91 Å². The van der Waals surface area contributed by atoms with E-state index in [0.29, 0.717) is 15.7 Å². The number of hydrogen-bond acceptors (Lipinski definition) is 1. The van der Waals surface area contributed by atoms with Crippen molar-refractivity contribution in [3.05, 3.63) is 28.2 Å². The molecule has 0 aliphatic rings. The summed E-state index contributed by atoms with van der Waals surface area (Å²) in [5.41, 5.74) is 0.431. The highest BCUT2D eigenvalue weighted by Crippen LogP contribution is 2.29. The molecule has 0 heterocycles. The van der Waals surface area contributed by atoms with Crippen molar-refractivity contribution in [1.29, 1.82) is 0 Å². The minimum absolute atomic E-state index is 0.300. The molecule has 1 aromatic rings. The number of hydrogen-bond donors (Lipinski definition) is 0. The SMILES string of the molecule is CC(=O)N(Cl)c1ccc(Cl)cc1Cl. The van der Waals surface area contributed by atoms with Gasteiger partial charge in [0, 0.05) is 23.7 Å². The van der Waals surface area contributed by atoms with Crippen molar-refractivity contribution in [2.75, 3.05) is 4.42 Å². The van der Waals surface area contributed by atoms with Crippen molar-refractivity contribution < 1.29 is 4.79 Å². The Kier molecular flexibility index (Phi) is 3.42. The van der Waals surface area contributed by atoms with E-state index >= 15 is 0 Å². The Morgan fingerprint density at radius 1 is 1.38 bits per heavy atom. The van der Waals surface area contributed by atoms with Gasteiger partial charge in [0.1, 0.15) is 0 Å². The van der Waals surface area contributed by atoms with Crippen molar-refractivity contribution in [2.24, 2.45) is 0 Å². The zero-order valence-electron chi connectivity index (χ0n) is 6.72. The van der Waals surface area contributed by atoms with Gasteiger partial charge in [0.25, 0.3) is 0 Å². The predicted octanol–water partition coefficient (Wildman–Crippen LogP) is 3.50. The number of rotatable bonds is 1. The van der Waals surface area contributed by atoms with Gasteiger partial charge >= 0.3 is 0 Å². The third-order valence-electron chi connectivity index (χ3n) is 1.40. The molecule has 5 heteroatoms. The van der Waals surface area contributed by atoms with E-state index in [9.17, 15) is 4.79 Å². The Bertz CT molecular complexity index is 340. The minimum Gasteiger partial charge on any atom is -0.274 e.